The molecule has 2 saturated heterocycles. The number of carbonyl (C=O) groups excluding carboxylic acids is 2. The Morgan fingerprint density at radius 1 is 0.963 bits per heavy atom. The van der Waals surface area contributed by atoms with Gasteiger partial charge in [-0.2, -0.15) is 5.10 Å². The fourth-order valence-corrected chi connectivity index (χ4v) is 4.49. The summed E-state index contributed by atoms with van der Waals surface area (Å²) in [7, 11) is 1.94. The first-order valence-electron chi connectivity index (χ1n) is 10.5. The highest BCUT2D eigenvalue weighted by Crippen LogP contribution is 2.23. The summed E-state index contributed by atoms with van der Waals surface area (Å²) in [6.45, 7) is 7.33. The highest BCUT2D eigenvalue weighted by molar-refractivity contribution is 5.80. The molecule has 3 heterocycles. The van der Waals surface area contributed by atoms with Gasteiger partial charge < -0.3 is 9.80 Å². The van der Waals surface area contributed by atoms with Crippen LogP contribution in [-0.2, 0) is 23.1 Å². The summed E-state index contributed by atoms with van der Waals surface area (Å²) in [6.07, 6.45) is 7.65. The monoisotopic (exact) mass is 374 g/mol. The Morgan fingerprint density at radius 3 is 2.15 bits per heavy atom. The average Bonchev–Trinajstić information content (AvgIpc) is 2.88. The van der Waals surface area contributed by atoms with Gasteiger partial charge in [0.25, 0.3) is 0 Å². The van der Waals surface area contributed by atoms with Crippen molar-refractivity contribution in [3.8, 4) is 0 Å². The van der Waals surface area contributed by atoms with E-state index in [0.29, 0.717) is 25.4 Å². The molecule has 2 aliphatic heterocycles. The number of aryl methyl sites for hydroxylation is 2. The average molecular weight is 375 g/mol. The second-order valence-electron chi connectivity index (χ2n) is 8.17. The molecule has 3 rings (SSSR count). The van der Waals surface area contributed by atoms with Gasteiger partial charge in [0.05, 0.1) is 5.69 Å². The van der Waals surface area contributed by atoms with Crippen LogP contribution < -0.4 is 0 Å². The summed E-state index contributed by atoms with van der Waals surface area (Å²) in [6, 6.07) is 0. The molecule has 6 heteroatoms. The van der Waals surface area contributed by atoms with Crippen molar-refractivity contribution in [1.29, 1.82) is 0 Å². The molecular weight excluding hydrogens is 340 g/mol. The van der Waals surface area contributed by atoms with Gasteiger partial charge in [-0.15, -0.1) is 0 Å². The minimum atomic E-state index is 0.106. The van der Waals surface area contributed by atoms with Crippen LogP contribution in [0.1, 0.15) is 61.9 Å². The van der Waals surface area contributed by atoms with Crippen molar-refractivity contribution < 1.29 is 9.59 Å². The molecular formula is C21H34N4O2. The second kappa shape index (κ2) is 8.89. The minimum Gasteiger partial charge on any atom is -0.343 e. The topological polar surface area (TPSA) is 58.4 Å². The molecule has 1 aromatic heterocycles. The van der Waals surface area contributed by atoms with Crippen molar-refractivity contribution >= 4 is 11.8 Å². The lowest BCUT2D eigenvalue weighted by molar-refractivity contribution is -0.140. The summed E-state index contributed by atoms with van der Waals surface area (Å²) in [5.74, 6) is 0.638. The number of piperidine rings is 1. The van der Waals surface area contributed by atoms with E-state index < -0.39 is 0 Å². The molecule has 0 spiro atoms. The number of carbonyl (C=O) groups is 2. The number of rotatable bonds is 4. The van der Waals surface area contributed by atoms with E-state index in [-0.39, 0.29) is 11.8 Å². The van der Waals surface area contributed by atoms with E-state index in [0.717, 1.165) is 56.6 Å². The zero-order valence-corrected chi connectivity index (χ0v) is 17.2. The molecule has 1 aromatic rings. The van der Waals surface area contributed by atoms with E-state index in [1.165, 1.54) is 18.4 Å². The normalized spacial score (nSPS) is 19.2. The predicted molar refractivity (Wildman–Crippen MR) is 105 cm³/mol. The third-order valence-corrected chi connectivity index (χ3v) is 6.36. The molecule has 150 valence electrons. The Balaban J connectivity index is 1.46. The van der Waals surface area contributed by atoms with Crippen LogP contribution in [-0.4, -0.2) is 57.6 Å². The van der Waals surface area contributed by atoms with Crippen LogP contribution in [0.15, 0.2) is 0 Å². The van der Waals surface area contributed by atoms with Crippen LogP contribution in [0.4, 0.5) is 0 Å². The van der Waals surface area contributed by atoms with Gasteiger partial charge in [-0.1, -0.05) is 12.8 Å². The predicted octanol–water partition coefficient (Wildman–Crippen LogP) is 2.61. The molecule has 0 bridgehead atoms. The lowest BCUT2D eigenvalue weighted by Crippen LogP contribution is -2.44. The van der Waals surface area contributed by atoms with Crippen molar-refractivity contribution in [3.63, 3.8) is 0 Å². The fraction of sp³-hybridized carbons (Fsp3) is 0.762. The molecule has 0 N–H and O–H groups in total. The second-order valence-corrected chi connectivity index (χ2v) is 8.17. The molecule has 0 atom stereocenters. The maximum atomic E-state index is 12.8. The van der Waals surface area contributed by atoms with Gasteiger partial charge in [0, 0.05) is 51.3 Å². The van der Waals surface area contributed by atoms with Crippen LogP contribution in [0.25, 0.3) is 0 Å². The van der Waals surface area contributed by atoms with Gasteiger partial charge in [-0.3, -0.25) is 14.3 Å². The summed E-state index contributed by atoms with van der Waals surface area (Å²) < 4.78 is 1.88. The Hall–Kier alpha value is -1.85. The third kappa shape index (κ3) is 4.71. The molecule has 2 amide bonds. The van der Waals surface area contributed by atoms with Crippen LogP contribution in [0.3, 0.4) is 0 Å². The van der Waals surface area contributed by atoms with Crippen LogP contribution in [0.5, 0.6) is 0 Å². The Kier molecular flexibility index (Phi) is 6.55. The number of nitrogens with zero attached hydrogens (tertiary/aromatic N) is 4. The molecule has 0 aliphatic carbocycles. The van der Waals surface area contributed by atoms with Crippen molar-refractivity contribution in [1.82, 2.24) is 19.6 Å². The molecule has 2 fully saturated rings. The number of hydrogen-bond donors (Lipinski definition) is 0. The Bertz CT molecular complexity index is 666. The van der Waals surface area contributed by atoms with E-state index in [1.807, 2.05) is 23.6 Å². The summed E-state index contributed by atoms with van der Waals surface area (Å²) in [4.78, 5) is 29.4. The molecule has 0 radical (unpaired) electrons. The van der Waals surface area contributed by atoms with Crippen molar-refractivity contribution in [2.24, 2.45) is 13.0 Å². The van der Waals surface area contributed by atoms with E-state index in [1.54, 1.807) is 0 Å². The van der Waals surface area contributed by atoms with E-state index in [9.17, 15) is 9.59 Å². The molecule has 27 heavy (non-hydrogen) atoms. The maximum Gasteiger partial charge on any atom is 0.225 e. The molecule has 0 unspecified atom stereocenters. The van der Waals surface area contributed by atoms with Crippen molar-refractivity contribution in [2.45, 2.75) is 65.2 Å². The quantitative estimate of drug-likeness (QED) is 0.814. The van der Waals surface area contributed by atoms with Gasteiger partial charge in [-0.25, -0.2) is 0 Å². The molecule has 2 aliphatic rings. The van der Waals surface area contributed by atoms with Crippen LogP contribution in [0, 0.1) is 19.8 Å². The van der Waals surface area contributed by atoms with Crippen LogP contribution in [0.2, 0.25) is 0 Å². The Labute approximate surface area is 162 Å². The number of likely N-dealkylation sites (tertiary alicyclic amines) is 2. The van der Waals surface area contributed by atoms with Gasteiger partial charge in [0.1, 0.15) is 0 Å². The highest BCUT2D eigenvalue weighted by Gasteiger charge is 2.30. The van der Waals surface area contributed by atoms with E-state index >= 15 is 0 Å². The number of hydrogen-bond acceptors (Lipinski definition) is 3. The zero-order chi connectivity index (χ0) is 19.4. The molecule has 6 nitrogen and oxygen atoms in total. The van der Waals surface area contributed by atoms with E-state index in [2.05, 4.69) is 16.9 Å². The first-order chi connectivity index (χ1) is 13.0. The van der Waals surface area contributed by atoms with Crippen LogP contribution >= 0.6 is 0 Å². The standard InChI is InChI=1S/C21H34N4O2/c1-16-19(17(2)23(3)22-16)8-9-20(26)24-14-10-18(11-15-24)21(27)25-12-6-4-5-7-13-25/h18H,4-15H2,1-3H3. The largest absolute Gasteiger partial charge is 0.343 e. The van der Waals surface area contributed by atoms with Crippen molar-refractivity contribution in [3.05, 3.63) is 17.0 Å². The highest BCUT2D eigenvalue weighted by atomic mass is 16.2. The fourth-order valence-electron chi connectivity index (χ4n) is 4.49. The first kappa shape index (κ1) is 19.9. The SMILES string of the molecule is Cc1nn(C)c(C)c1CCC(=O)N1CCC(C(=O)N2CCCCCC2)CC1. The minimum absolute atomic E-state index is 0.106. The summed E-state index contributed by atoms with van der Waals surface area (Å²) in [5, 5.41) is 4.43. The first-order valence-corrected chi connectivity index (χ1v) is 10.5. The summed E-state index contributed by atoms with van der Waals surface area (Å²) >= 11 is 0. The lowest BCUT2D eigenvalue weighted by atomic mass is 9.94. The van der Waals surface area contributed by atoms with Gasteiger partial charge in [-0.05, 0) is 51.5 Å². The number of amides is 2. The zero-order valence-electron chi connectivity index (χ0n) is 17.2. The van der Waals surface area contributed by atoms with Crippen molar-refractivity contribution in [2.75, 3.05) is 26.2 Å². The Morgan fingerprint density at radius 2 is 1.59 bits per heavy atom. The third-order valence-electron chi connectivity index (χ3n) is 6.36. The van der Waals surface area contributed by atoms with E-state index in [4.69, 9.17) is 0 Å². The lowest BCUT2D eigenvalue weighted by Gasteiger charge is -2.34. The van der Waals surface area contributed by atoms with Gasteiger partial charge in [0.15, 0.2) is 0 Å². The smallest absolute Gasteiger partial charge is 0.225 e. The maximum absolute atomic E-state index is 12.8. The molecule has 0 saturated carbocycles. The molecule has 0 aromatic carbocycles. The van der Waals surface area contributed by atoms with Gasteiger partial charge >= 0.3 is 0 Å². The summed E-state index contributed by atoms with van der Waals surface area (Å²) in [5.41, 5.74) is 3.35. The number of aromatic nitrogens is 2. The van der Waals surface area contributed by atoms with Gasteiger partial charge in [0.2, 0.25) is 11.8 Å².